The van der Waals surface area contributed by atoms with E-state index in [-0.39, 0.29) is 6.03 Å². The molecule has 0 aliphatic carbocycles. The molecular weight excluding hydrogens is 538 g/mol. The number of primary amides is 1. The Morgan fingerprint density at radius 3 is 2.41 bits per heavy atom. The van der Waals surface area contributed by atoms with Crippen molar-refractivity contribution in [3.8, 4) is 11.1 Å². The number of amides is 3. The third kappa shape index (κ3) is 6.89. The number of aromatic nitrogens is 2. The van der Waals surface area contributed by atoms with Crippen molar-refractivity contribution < 1.29 is 9.59 Å². The maximum Gasteiger partial charge on any atom is 0.314 e. The second-order valence-corrected chi connectivity index (χ2v) is 9.85. The predicted octanol–water partition coefficient (Wildman–Crippen LogP) is 4.70. The Balaban J connectivity index is 1.06. The summed E-state index contributed by atoms with van der Waals surface area (Å²) in [5.74, 6) is 0.127. The normalized spacial score (nSPS) is 11.0. The van der Waals surface area contributed by atoms with E-state index < -0.39 is 5.91 Å². The number of carbonyl (C=O) groups excluding carboxylic acids is 2. The van der Waals surface area contributed by atoms with Crippen LogP contribution in [0.1, 0.15) is 15.9 Å². The number of rotatable bonds is 11. The number of nitrogens with one attached hydrogen (secondary N) is 4. The van der Waals surface area contributed by atoms with Gasteiger partial charge in [0.25, 0.3) is 0 Å². The lowest BCUT2D eigenvalue weighted by molar-refractivity contribution is 0.100. The van der Waals surface area contributed by atoms with Crippen molar-refractivity contribution in [3.63, 3.8) is 0 Å². The summed E-state index contributed by atoms with van der Waals surface area (Å²) in [6.45, 7) is 2.57. The number of halogens is 1. The number of carbonyl (C=O) groups is 2. The van der Waals surface area contributed by atoms with E-state index in [0.29, 0.717) is 54.6 Å². The quantitative estimate of drug-likeness (QED) is 0.116. The lowest BCUT2D eigenvalue weighted by Gasteiger charge is -2.13. The topological polar surface area (TPSA) is 134 Å². The summed E-state index contributed by atoms with van der Waals surface area (Å²) >= 11 is 6.50. The number of anilines is 1. The van der Waals surface area contributed by atoms with Crippen LogP contribution in [0.15, 0.2) is 85.2 Å². The number of benzene rings is 3. The van der Waals surface area contributed by atoms with Crippen molar-refractivity contribution in [2.45, 2.75) is 6.54 Å². The number of pyridine rings is 2. The molecule has 0 aliphatic heterocycles. The highest BCUT2D eigenvalue weighted by atomic mass is 35.5. The fourth-order valence-corrected chi connectivity index (χ4v) is 4.89. The summed E-state index contributed by atoms with van der Waals surface area (Å²) < 4.78 is 0. The summed E-state index contributed by atoms with van der Waals surface area (Å²) in [5.41, 5.74) is 9.62. The summed E-state index contributed by atoms with van der Waals surface area (Å²) in [5, 5.41) is 15.7. The smallest absolute Gasteiger partial charge is 0.314 e. The Labute approximate surface area is 242 Å². The highest BCUT2D eigenvalue weighted by molar-refractivity contribution is 6.33. The van der Waals surface area contributed by atoms with E-state index >= 15 is 0 Å². The lowest BCUT2D eigenvalue weighted by Crippen LogP contribution is -2.40. The highest BCUT2D eigenvalue weighted by Crippen LogP contribution is 2.30. The maximum atomic E-state index is 12.2. The SMILES string of the molecule is NC(=O)c1ccc2c(c1)nc(NCCNC(=O)NCCNCc1ccc(-c3ccccc3)c(Cl)c1)c1ccncc12. The van der Waals surface area contributed by atoms with Gasteiger partial charge in [0, 0.05) is 77.4 Å². The van der Waals surface area contributed by atoms with Gasteiger partial charge in [0.05, 0.1) is 5.52 Å². The van der Waals surface area contributed by atoms with E-state index in [0.717, 1.165) is 32.8 Å². The standard InChI is InChI=1S/C31H30ClN7O2/c32-27-16-20(6-8-23(27)21-4-2-1-3-5-21)18-35-12-13-37-31(41)38-15-14-36-30-25-10-11-34-19-26(25)24-9-7-22(29(33)40)17-28(24)39-30/h1-11,16-17,19,35H,12-15,18H2,(H2,33,40)(H,36,39)(H2,37,38,41). The van der Waals surface area contributed by atoms with Crippen LogP contribution in [0.5, 0.6) is 0 Å². The molecule has 0 radical (unpaired) electrons. The number of nitrogens with zero attached hydrogens (tertiary/aromatic N) is 2. The minimum absolute atomic E-state index is 0.254. The number of urea groups is 1. The third-order valence-corrected chi connectivity index (χ3v) is 6.93. The Bertz CT molecular complexity index is 1700. The molecule has 0 atom stereocenters. The molecule has 10 heteroatoms. The van der Waals surface area contributed by atoms with Crippen LogP contribution in [0, 0.1) is 0 Å². The fraction of sp³-hybridized carbons (Fsp3) is 0.161. The second-order valence-electron chi connectivity index (χ2n) is 9.44. The van der Waals surface area contributed by atoms with Crippen LogP contribution in [0.2, 0.25) is 5.02 Å². The number of fused-ring (bicyclic) bond motifs is 3. The van der Waals surface area contributed by atoms with Crippen molar-refractivity contribution >= 4 is 51.0 Å². The second kappa shape index (κ2) is 13.1. The molecule has 0 unspecified atom stereocenters. The molecule has 0 spiro atoms. The van der Waals surface area contributed by atoms with E-state index in [1.54, 1.807) is 24.5 Å². The number of nitrogens with two attached hydrogens (primary N) is 1. The minimum Gasteiger partial charge on any atom is -0.368 e. The van der Waals surface area contributed by atoms with Crippen molar-refractivity contribution in [2.24, 2.45) is 5.73 Å². The van der Waals surface area contributed by atoms with Crippen LogP contribution in [0.4, 0.5) is 10.6 Å². The van der Waals surface area contributed by atoms with Gasteiger partial charge in [0.15, 0.2) is 0 Å². The van der Waals surface area contributed by atoms with E-state index in [1.807, 2.05) is 54.6 Å². The molecule has 2 aromatic heterocycles. The first-order chi connectivity index (χ1) is 20.0. The predicted molar refractivity (Wildman–Crippen MR) is 164 cm³/mol. The average molecular weight is 568 g/mol. The van der Waals surface area contributed by atoms with Crippen LogP contribution in [-0.4, -0.2) is 48.1 Å². The molecule has 3 amide bonds. The number of hydrogen-bond acceptors (Lipinski definition) is 6. The summed E-state index contributed by atoms with van der Waals surface area (Å²) in [6, 6.07) is 22.9. The van der Waals surface area contributed by atoms with Crippen LogP contribution in [-0.2, 0) is 6.54 Å². The monoisotopic (exact) mass is 567 g/mol. The van der Waals surface area contributed by atoms with Gasteiger partial charge < -0.3 is 27.0 Å². The third-order valence-electron chi connectivity index (χ3n) is 6.62. The average Bonchev–Trinajstić information content (AvgIpc) is 2.99. The van der Waals surface area contributed by atoms with Gasteiger partial charge in [0.2, 0.25) is 5.91 Å². The van der Waals surface area contributed by atoms with Gasteiger partial charge in [-0.2, -0.15) is 0 Å². The van der Waals surface area contributed by atoms with E-state index in [4.69, 9.17) is 22.3 Å². The molecule has 0 aliphatic rings. The minimum atomic E-state index is -0.512. The zero-order chi connectivity index (χ0) is 28.6. The Kier molecular flexibility index (Phi) is 8.88. The van der Waals surface area contributed by atoms with Gasteiger partial charge in [0.1, 0.15) is 5.82 Å². The molecule has 208 valence electrons. The van der Waals surface area contributed by atoms with Crippen molar-refractivity contribution in [1.82, 2.24) is 25.9 Å². The Morgan fingerprint density at radius 2 is 1.63 bits per heavy atom. The molecule has 0 saturated heterocycles. The number of hydrogen-bond donors (Lipinski definition) is 5. The van der Waals surface area contributed by atoms with Gasteiger partial charge in [-0.15, -0.1) is 0 Å². The molecule has 0 fully saturated rings. The van der Waals surface area contributed by atoms with Crippen molar-refractivity contribution in [1.29, 1.82) is 0 Å². The van der Waals surface area contributed by atoms with Crippen LogP contribution in [0.25, 0.3) is 32.8 Å². The summed E-state index contributed by atoms with van der Waals surface area (Å²) in [7, 11) is 0. The first-order valence-electron chi connectivity index (χ1n) is 13.3. The molecule has 5 rings (SSSR count). The Hall–Kier alpha value is -4.73. The van der Waals surface area contributed by atoms with Crippen LogP contribution < -0.4 is 27.0 Å². The van der Waals surface area contributed by atoms with Gasteiger partial charge in [-0.1, -0.05) is 60.1 Å². The van der Waals surface area contributed by atoms with Gasteiger partial charge in [-0.05, 0) is 35.4 Å². The molecule has 6 N–H and O–H groups in total. The van der Waals surface area contributed by atoms with E-state index in [2.05, 4.69) is 32.3 Å². The summed E-state index contributed by atoms with van der Waals surface area (Å²) in [4.78, 5) is 32.8. The maximum absolute atomic E-state index is 12.2. The first-order valence-corrected chi connectivity index (χ1v) is 13.6. The van der Waals surface area contributed by atoms with Gasteiger partial charge in [-0.25, -0.2) is 9.78 Å². The largest absolute Gasteiger partial charge is 0.368 e. The molecule has 9 nitrogen and oxygen atoms in total. The van der Waals surface area contributed by atoms with Gasteiger partial charge >= 0.3 is 6.03 Å². The molecule has 41 heavy (non-hydrogen) atoms. The lowest BCUT2D eigenvalue weighted by atomic mass is 10.0. The highest BCUT2D eigenvalue weighted by Gasteiger charge is 2.11. The fourth-order valence-electron chi connectivity index (χ4n) is 4.57. The molecule has 0 bridgehead atoms. The molecule has 0 saturated carbocycles. The Morgan fingerprint density at radius 1 is 0.829 bits per heavy atom. The van der Waals surface area contributed by atoms with Gasteiger partial charge in [-0.3, -0.25) is 9.78 Å². The summed E-state index contributed by atoms with van der Waals surface area (Å²) in [6.07, 6.45) is 3.47. The zero-order valence-electron chi connectivity index (χ0n) is 22.3. The van der Waals surface area contributed by atoms with Crippen molar-refractivity contribution in [3.05, 3.63) is 101 Å². The zero-order valence-corrected chi connectivity index (χ0v) is 23.0. The molecule has 5 aromatic rings. The molecule has 3 aromatic carbocycles. The van der Waals surface area contributed by atoms with Crippen molar-refractivity contribution in [2.75, 3.05) is 31.5 Å². The van der Waals surface area contributed by atoms with E-state index in [1.165, 1.54) is 0 Å². The molecular formula is C31H30ClN7O2. The van der Waals surface area contributed by atoms with Crippen LogP contribution >= 0.6 is 11.6 Å². The molecule has 2 heterocycles. The first kappa shape index (κ1) is 27.8. The van der Waals surface area contributed by atoms with Crippen LogP contribution in [0.3, 0.4) is 0 Å². The van der Waals surface area contributed by atoms with E-state index in [9.17, 15) is 9.59 Å².